The van der Waals surface area contributed by atoms with Gasteiger partial charge in [0, 0.05) is 30.4 Å². The summed E-state index contributed by atoms with van der Waals surface area (Å²) in [6, 6.07) is 17.8. The number of rotatable bonds is 6. The van der Waals surface area contributed by atoms with E-state index in [0.717, 1.165) is 67.2 Å². The maximum absolute atomic E-state index is 13.8. The third-order valence-electron chi connectivity index (χ3n) is 6.95. The van der Waals surface area contributed by atoms with Crippen LogP contribution in [0.3, 0.4) is 0 Å². The summed E-state index contributed by atoms with van der Waals surface area (Å²) in [5, 5.41) is 0. The van der Waals surface area contributed by atoms with Crippen LogP contribution >= 0.6 is 0 Å². The van der Waals surface area contributed by atoms with Gasteiger partial charge >= 0.3 is 0 Å². The van der Waals surface area contributed by atoms with Gasteiger partial charge in [-0.05, 0) is 68.6 Å². The predicted octanol–water partition coefficient (Wildman–Crippen LogP) is 5.12. The third kappa shape index (κ3) is 4.82. The number of hydrogen-bond acceptors (Lipinski definition) is 5. The van der Waals surface area contributed by atoms with Gasteiger partial charge < -0.3 is 9.64 Å². The zero-order chi connectivity index (χ0) is 23.3. The molecule has 0 radical (unpaired) electrons. The molecule has 5 rings (SSSR count). The number of ether oxygens (including phenoxy) is 1. The molecule has 2 aliphatic rings. The summed E-state index contributed by atoms with van der Waals surface area (Å²) in [6.07, 6.45) is 7.48. The lowest BCUT2D eigenvalue weighted by Crippen LogP contribution is -2.33. The number of benzene rings is 2. The molecule has 2 aliphatic heterocycles. The number of nitrogens with zero attached hydrogens (tertiary/aromatic N) is 4. The first-order chi connectivity index (χ1) is 16.7. The van der Waals surface area contributed by atoms with Crippen LogP contribution in [0.25, 0.3) is 11.4 Å². The quantitative estimate of drug-likeness (QED) is 0.516. The van der Waals surface area contributed by atoms with Gasteiger partial charge in [-0.15, -0.1) is 0 Å². The zero-order valence-electron chi connectivity index (χ0n) is 19.8. The first-order valence-corrected chi connectivity index (χ1v) is 12.3. The second kappa shape index (κ2) is 10.3. The van der Waals surface area contributed by atoms with Crippen LogP contribution in [-0.4, -0.2) is 52.4 Å². The van der Waals surface area contributed by atoms with Crippen molar-refractivity contribution in [3.8, 4) is 17.1 Å². The van der Waals surface area contributed by atoms with Crippen LogP contribution in [0.5, 0.6) is 5.75 Å². The van der Waals surface area contributed by atoms with Crippen molar-refractivity contribution in [3.63, 3.8) is 0 Å². The topological polar surface area (TPSA) is 58.6 Å². The normalized spacial score (nSPS) is 18.7. The van der Waals surface area contributed by atoms with Crippen LogP contribution in [0.2, 0.25) is 0 Å². The second-order valence-electron chi connectivity index (χ2n) is 9.19. The van der Waals surface area contributed by atoms with Gasteiger partial charge in [-0.25, -0.2) is 9.97 Å². The van der Waals surface area contributed by atoms with Crippen molar-refractivity contribution in [2.45, 2.75) is 44.7 Å². The van der Waals surface area contributed by atoms with Crippen LogP contribution in [0, 0.1) is 0 Å². The molecule has 2 fully saturated rings. The molecule has 0 saturated carbocycles. The molecule has 3 aromatic rings. The van der Waals surface area contributed by atoms with Gasteiger partial charge in [0.2, 0.25) is 0 Å². The van der Waals surface area contributed by atoms with Crippen LogP contribution in [0.1, 0.15) is 59.8 Å². The molecule has 0 aliphatic carbocycles. The summed E-state index contributed by atoms with van der Waals surface area (Å²) in [5.74, 6) is 1.53. The summed E-state index contributed by atoms with van der Waals surface area (Å²) in [4.78, 5) is 27.6. The number of amides is 1. The highest BCUT2D eigenvalue weighted by Gasteiger charge is 2.33. The Morgan fingerprint density at radius 1 is 1.00 bits per heavy atom. The minimum absolute atomic E-state index is 0.0390. The minimum atomic E-state index is -0.0390. The standard InChI is InChI=1S/C28H32N4O2/c1-34-23-11-7-10-21(19-23)27-29-15-14-25(30-27)26-13-8-18-32(26)28(33)24-12-4-3-9-22(24)20-31-16-5-2-6-17-31/h3-4,7,9-12,14-15,19,26H,2,5-6,8,13,16-18,20H2,1H3/t26-/m0/s1. The van der Waals surface area contributed by atoms with Crippen molar-refractivity contribution in [3.05, 3.63) is 77.6 Å². The number of aromatic nitrogens is 2. The van der Waals surface area contributed by atoms with Crippen molar-refractivity contribution in [2.24, 2.45) is 0 Å². The van der Waals surface area contributed by atoms with Gasteiger partial charge in [-0.2, -0.15) is 0 Å². The van der Waals surface area contributed by atoms with Gasteiger partial charge in [0.05, 0.1) is 18.8 Å². The van der Waals surface area contributed by atoms with Gasteiger partial charge in [-0.1, -0.05) is 36.8 Å². The predicted molar refractivity (Wildman–Crippen MR) is 133 cm³/mol. The summed E-state index contributed by atoms with van der Waals surface area (Å²) in [7, 11) is 1.65. The Hall–Kier alpha value is -3.25. The van der Waals surface area contributed by atoms with E-state index in [-0.39, 0.29) is 11.9 Å². The maximum atomic E-state index is 13.8. The van der Waals surface area contributed by atoms with E-state index in [1.54, 1.807) is 13.3 Å². The van der Waals surface area contributed by atoms with Crippen molar-refractivity contribution >= 4 is 5.91 Å². The van der Waals surface area contributed by atoms with Gasteiger partial charge in [0.25, 0.3) is 5.91 Å². The number of likely N-dealkylation sites (tertiary alicyclic amines) is 2. The number of piperidine rings is 1. The molecular weight excluding hydrogens is 424 g/mol. The lowest BCUT2D eigenvalue weighted by molar-refractivity contribution is 0.0730. The lowest BCUT2D eigenvalue weighted by Gasteiger charge is -2.29. The van der Waals surface area contributed by atoms with Crippen LogP contribution < -0.4 is 4.74 Å². The number of methoxy groups -OCH3 is 1. The van der Waals surface area contributed by atoms with E-state index in [9.17, 15) is 4.79 Å². The molecule has 1 amide bonds. The fourth-order valence-electron chi connectivity index (χ4n) is 5.16. The van der Waals surface area contributed by atoms with E-state index in [1.807, 2.05) is 53.4 Å². The average Bonchev–Trinajstić information content (AvgIpc) is 3.39. The Kier molecular flexibility index (Phi) is 6.86. The zero-order valence-corrected chi connectivity index (χ0v) is 19.8. The highest BCUT2D eigenvalue weighted by atomic mass is 16.5. The molecule has 176 valence electrons. The third-order valence-corrected chi connectivity index (χ3v) is 6.95. The van der Waals surface area contributed by atoms with Crippen LogP contribution in [-0.2, 0) is 6.54 Å². The molecule has 1 atom stereocenters. The molecule has 0 bridgehead atoms. The molecule has 3 heterocycles. The molecule has 2 saturated heterocycles. The molecule has 0 spiro atoms. The second-order valence-corrected chi connectivity index (χ2v) is 9.19. The molecule has 6 nitrogen and oxygen atoms in total. The Morgan fingerprint density at radius 2 is 1.85 bits per heavy atom. The maximum Gasteiger partial charge on any atom is 0.254 e. The summed E-state index contributed by atoms with van der Waals surface area (Å²) in [6.45, 7) is 3.82. The number of carbonyl (C=O) groups is 1. The molecule has 6 heteroatoms. The highest BCUT2D eigenvalue weighted by molar-refractivity contribution is 5.96. The summed E-state index contributed by atoms with van der Waals surface area (Å²) < 4.78 is 5.36. The molecular formula is C28H32N4O2. The largest absolute Gasteiger partial charge is 0.497 e. The van der Waals surface area contributed by atoms with Crippen molar-refractivity contribution < 1.29 is 9.53 Å². The van der Waals surface area contributed by atoms with Crippen LogP contribution in [0.4, 0.5) is 0 Å². The smallest absolute Gasteiger partial charge is 0.254 e. The minimum Gasteiger partial charge on any atom is -0.497 e. The van der Waals surface area contributed by atoms with E-state index in [4.69, 9.17) is 9.72 Å². The van der Waals surface area contributed by atoms with E-state index in [1.165, 1.54) is 19.3 Å². The fourth-order valence-corrected chi connectivity index (χ4v) is 5.16. The van der Waals surface area contributed by atoms with Crippen molar-refractivity contribution in [1.29, 1.82) is 0 Å². The first-order valence-electron chi connectivity index (χ1n) is 12.3. The van der Waals surface area contributed by atoms with Crippen molar-refractivity contribution in [1.82, 2.24) is 19.8 Å². The molecule has 0 N–H and O–H groups in total. The van der Waals surface area contributed by atoms with Gasteiger partial charge in [-0.3, -0.25) is 9.69 Å². The average molecular weight is 457 g/mol. The number of carbonyl (C=O) groups excluding carboxylic acids is 1. The van der Waals surface area contributed by atoms with E-state index in [2.05, 4.69) is 16.0 Å². The number of hydrogen-bond donors (Lipinski definition) is 0. The summed E-state index contributed by atoms with van der Waals surface area (Å²) >= 11 is 0. The summed E-state index contributed by atoms with van der Waals surface area (Å²) in [5.41, 5.74) is 3.75. The molecule has 2 aromatic carbocycles. The Balaban J connectivity index is 1.39. The monoisotopic (exact) mass is 456 g/mol. The van der Waals surface area contributed by atoms with Gasteiger partial charge in [0.15, 0.2) is 5.82 Å². The molecule has 1 aromatic heterocycles. The van der Waals surface area contributed by atoms with Crippen molar-refractivity contribution in [2.75, 3.05) is 26.7 Å². The lowest BCUT2D eigenvalue weighted by atomic mass is 10.0. The molecule has 0 unspecified atom stereocenters. The SMILES string of the molecule is COc1cccc(-c2nccc([C@@H]3CCCN3C(=O)c3ccccc3CN3CCCCC3)n2)c1. The first kappa shape index (κ1) is 22.5. The van der Waals surface area contributed by atoms with E-state index >= 15 is 0 Å². The van der Waals surface area contributed by atoms with E-state index < -0.39 is 0 Å². The van der Waals surface area contributed by atoms with Gasteiger partial charge in [0.1, 0.15) is 5.75 Å². The molecule has 34 heavy (non-hydrogen) atoms. The van der Waals surface area contributed by atoms with E-state index in [0.29, 0.717) is 5.82 Å². The highest BCUT2D eigenvalue weighted by Crippen LogP contribution is 2.34. The fraction of sp³-hybridized carbons (Fsp3) is 0.393. The Morgan fingerprint density at radius 3 is 2.71 bits per heavy atom. The Bertz CT molecular complexity index is 1140. The Labute approximate surface area is 201 Å². The van der Waals surface area contributed by atoms with Crippen LogP contribution in [0.15, 0.2) is 60.8 Å².